The van der Waals surface area contributed by atoms with Gasteiger partial charge in [0.1, 0.15) is 5.75 Å². The van der Waals surface area contributed by atoms with Gasteiger partial charge in [0, 0.05) is 24.9 Å². The molecule has 0 bridgehead atoms. The largest absolute Gasteiger partial charge is 0.494 e. The average molecular weight is 479 g/mol. The third kappa shape index (κ3) is 4.65. The van der Waals surface area contributed by atoms with Crippen molar-refractivity contribution in [1.82, 2.24) is 20.1 Å². The topological polar surface area (TPSA) is 84.0 Å². The first-order valence-electron chi connectivity index (χ1n) is 12.7. The second-order valence-electron chi connectivity index (χ2n) is 9.60. The lowest BCUT2D eigenvalue weighted by Gasteiger charge is -2.40. The number of aromatic nitrogens is 1. The molecule has 3 amide bonds. The van der Waals surface area contributed by atoms with E-state index in [9.17, 15) is 9.59 Å². The minimum Gasteiger partial charge on any atom is -0.494 e. The standard InChI is InChI=1S/C27H34N4O4/c1-2-34-23-10-4-3-8-20(23)18-30-15-12-21(13-16-30)27(24-11-5-6-14-28-24)25(32)31(26(33)29-27)19-22-9-7-17-35-22/h3-6,8,10-11,14,21-22H,2,7,9,12-13,15-19H2,1H3,(H,29,33)/t22-,27-/m0/s1. The number of benzene rings is 1. The van der Waals surface area contributed by atoms with E-state index in [4.69, 9.17) is 9.47 Å². The van der Waals surface area contributed by atoms with Gasteiger partial charge in [-0.15, -0.1) is 0 Å². The summed E-state index contributed by atoms with van der Waals surface area (Å²) in [5, 5.41) is 3.10. The van der Waals surface area contributed by atoms with Crippen molar-refractivity contribution in [3.8, 4) is 5.75 Å². The van der Waals surface area contributed by atoms with Crippen molar-refractivity contribution in [2.75, 3.05) is 32.8 Å². The van der Waals surface area contributed by atoms with Crippen LogP contribution in [0, 0.1) is 5.92 Å². The average Bonchev–Trinajstić information content (AvgIpc) is 3.49. The Morgan fingerprint density at radius 3 is 2.63 bits per heavy atom. The number of hydrogen-bond donors (Lipinski definition) is 1. The number of nitrogens with zero attached hydrogens (tertiary/aromatic N) is 3. The Morgan fingerprint density at radius 1 is 1.11 bits per heavy atom. The van der Waals surface area contributed by atoms with Crippen LogP contribution in [0.3, 0.4) is 0 Å². The molecule has 0 radical (unpaired) electrons. The zero-order valence-corrected chi connectivity index (χ0v) is 20.3. The van der Waals surface area contributed by atoms with Gasteiger partial charge in [0.25, 0.3) is 5.91 Å². The molecule has 3 aliphatic heterocycles. The fourth-order valence-electron chi connectivity index (χ4n) is 5.70. The van der Waals surface area contributed by atoms with Crippen LogP contribution >= 0.6 is 0 Å². The van der Waals surface area contributed by atoms with Gasteiger partial charge in [-0.1, -0.05) is 24.3 Å². The maximum Gasteiger partial charge on any atom is 0.325 e. The van der Waals surface area contributed by atoms with E-state index in [1.165, 1.54) is 10.5 Å². The Morgan fingerprint density at radius 2 is 1.91 bits per heavy atom. The molecule has 2 aromatic rings. The molecular formula is C27H34N4O4. The summed E-state index contributed by atoms with van der Waals surface area (Å²) >= 11 is 0. The molecule has 35 heavy (non-hydrogen) atoms. The third-order valence-corrected chi connectivity index (χ3v) is 7.48. The Kier molecular flexibility index (Phi) is 7.02. The molecular weight excluding hydrogens is 444 g/mol. The minimum absolute atomic E-state index is 0.0401. The molecule has 4 heterocycles. The molecule has 8 heteroatoms. The fourth-order valence-corrected chi connectivity index (χ4v) is 5.70. The number of piperidine rings is 1. The van der Waals surface area contributed by atoms with Crippen LogP contribution in [0.5, 0.6) is 5.75 Å². The number of hydrogen-bond acceptors (Lipinski definition) is 6. The molecule has 3 aliphatic rings. The van der Waals surface area contributed by atoms with Gasteiger partial charge in [-0.2, -0.15) is 0 Å². The molecule has 1 N–H and O–H groups in total. The summed E-state index contributed by atoms with van der Waals surface area (Å²) < 4.78 is 11.5. The molecule has 1 aromatic heterocycles. The molecule has 0 spiro atoms. The predicted octanol–water partition coefficient (Wildman–Crippen LogP) is 3.32. The van der Waals surface area contributed by atoms with Crippen molar-refractivity contribution >= 4 is 11.9 Å². The molecule has 2 atom stereocenters. The summed E-state index contributed by atoms with van der Waals surface area (Å²) in [6.45, 7) is 6.06. The van der Waals surface area contributed by atoms with Gasteiger partial charge < -0.3 is 14.8 Å². The number of nitrogens with one attached hydrogen (secondary N) is 1. The number of carbonyl (C=O) groups is 2. The van der Waals surface area contributed by atoms with E-state index >= 15 is 0 Å². The molecule has 3 saturated heterocycles. The van der Waals surface area contributed by atoms with Gasteiger partial charge >= 0.3 is 6.03 Å². The van der Waals surface area contributed by atoms with Crippen LogP contribution in [-0.4, -0.2) is 65.7 Å². The highest BCUT2D eigenvalue weighted by Crippen LogP contribution is 2.41. The quantitative estimate of drug-likeness (QED) is 0.586. The van der Waals surface area contributed by atoms with E-state index in [2.05, 4.69) is 21.3 Å². The lowest BCUT2D eigenvalue weighted by atomic mass is 9.75. The molecule has 0 saturated carbocycles. The number of imide groups is 1. The van der Waals surface area contributed by atoms with Crippen molar-refractivity contribution in [3.05, 3.63) is 59.9 Å². The highest BCUT2D eigenvalue weighted by Gasteiger charge is 2.58. The normalized spacial score (nSPS) is 25.7. The molecule has 0 unspecified atom stereocenters. The SMILES string of the molecule is CCOc1ccccc1CN1CCC([C@@]2(c3ccccn3)NC(=O)N(C[C@@H]3CCCO3)C2=O)CC1. The maximum absolute atomic E-state index is 13.9. The van der Waals surface area contributed by atoms with Crippen molar-refractivity contribution in [2.24, 2.45) is 5.92 Å². The summed E-state index contributed by atoms with van der Waals surface area (Å²) in [6, 6.07) is 13.4. The fraction of sp³-hybridized carbons (Fsp3) is 0.519. The number of para-hydroxylation sites is 1. The Labute approximate surface area is 206 Å². The number of ether oxygens (including phenoxy) is 2. The van der Waals surface area contributed by atoms with Crippen LogP contribution in [0.1, 0.15) is 43.9 Å². The van der Waals surface area contributed by atoms with Gasteiger partial charge in [-0.3, -0.25) is 19.6 Å². The number of rotatable bonds is 8. The van der Waals surface area contributed by atoms with Crippen LogP contribution in [0.15, 0.2) is 48.7 Å². The van der Waals surface area contributed by atoms with Gasteiger partial charge in [-0.25, -0.2) is 4.79 Å². The van der Waals surface area contributed by atoms with E-state index in [0.29, 0.717) is 25.5 Å². The summed E-state index contributed by atoms with van der Waals surface area (Å²) in [4.78, 5) is 35.3. The molecule has 5 rings (SSSR count). The lowest BCUT2D eigenvalue weighted by molar-refractivity contribution is -0.135. The number of likely N-dealkylation sites (tertiary alicyclic amines) is 1. The van der Waals surface area contributed by atoms with E-state index in [0.717, 1.165) is 51.1 Å². The monoisotopic (exact) mass is 478 g/mol. The predicted molar refractivity (Wildman–Crippen MR) is 131 cm³/mol. The highest BCUT2D eigenvalue weighted by molar-refractivity contribution is 6.07. The highest BCUT2D eigenvalue weighted by atomic mass is 16.5. The van der Waals surface area contributed by atoms with E-state index in [-0.39, 0.29) is 24.0 Å². The van der Waals surface area contributed by atoms with E-state index in [1.807, 2.05) is 43.3 Å². The Bertz CT molecular complexity index is 1030. The molecule has 0 aliphatic carbocycles. The molecule has 8 nitrogen and oxygen atoms in total. The second kappa shape index (κ2) is 10.3. The molecule has 1 aromatic carbocycles. The van der Waals surface area contributed by atoms with Gasteiger partial charge in [0.2, 0.25) is 0 Å². The zero-order valence-electron chi connectivity index (χ0n) is 20.3. The second-order valence-corrected chi connectivity index (χ2v) is 9.60. The van der Waals surface area contributed by atoms with Crippen LogP contribution in [0.2, 0.25) is 0 Å². The number of carbonyl (C=O) groups excluding carboxylic acids is 2. The van der Waals surface area contributed by atoms with Crippen molar-refractivity contribution in [2.45, 2.75) is 50.8 Å². The van der Waals surface area contributed by atoms with Crippen molar-refractivity contribution < 1.29 is 19.1 Å². The first-order chi connectivity index (χ1) is 17.1. The van der Waals surface area contributed by atoms with Crippen molar-refractivity contribution in [3.63, 3.8) is 0 Å². The minimum atomic E-state index is -1.13. The van der Waals surface area contributed by atoms with E-state index in [1.54, 1.807) is 6.20 Å². The first kappa shape index (κ1) is 23.8. The van der Waals surface area contributed by atoms with Gasteiger partial charge in [0.15, 0.2) is 5.54 Å². The van der Waals surface area contributed by atoms with Crippen LogP contribution in [0.4, 0.5) is 4.79 Å². The number of urea groups is 1. The van der Waals surface area contributed by atoms with Crippen LogP contribution < -0.4 is 10.1 Å². The third-order valence-electron chi connectivity index (χ3n) is 7.48. The number of pyridine rings is 1. The summed E-state index contributed by atoms with van der Waals surface area (Å²) in [6.07, 6.45) is 5.01. The summed E-state index contributed by atoms with van der Waals surface area (Å²) in [5.74, 6) is 0.684. The smallest absolute Gasteiger partial charge is 0.325 e. The van der Waals surface area contributed by atoms with Gasteiger partial charge in [-0.05, 0) is 69.8 Å². The first-order valence-corrected chi connectivity index (χ1v) is 12.7. The Balaban J connectivity index is 1.34. The van der Waals surface area contributed by atoms with Gasteiger partial charge in [0.05, 0.1) is 24.9 Å². The summed E-state index contributed by atoms with van der Waals surface area (Å²) in [7, 11) is 0. The summed E-state index contributed by atoms with van der Waals surface area (Å²) in [5.41, 5.74) is 0.653. The number of amides is 3. The van der Waals surface area contributed by atoms with Crippen LogP contribution in [-0.2, 0) is 21.6 Å². The van der Waals surface area contributed by atoms with Crippen LogP contribution in [0.25, 0.3) is 0 Å². The van der Waals surface area contributed by atoms with Crippen molar-refractivity contribution in [1.29, 1.82) is 0 Å². The maximum atomic E-state index is 13.9. The Hall–Kier alpha value is -2.97. The lowest BCUT2D eigenvalue weighted by Crippen LogP contribution is -2.54. The zero-order chi connectivity index (χ0) is 24.3. The molecule has 3 fully saturated rings. The van der Waals surface area contributed by atoms with E-state index < -0.39 is 5.54 Å². The molecule has 186 valence electrons.